The first-order valence-corrected chi connectivity index (χ1v) is 6.88. The minimum atomic E-state index is -0.361. The first-order valence-electron chi connectivity index (χ1n) is 5.71. The highest BCUT2D eigenvalue weighted by molar-refractivity contribution is 9.10. The van der Waals surface area contributed by atoms with Crippen molar-refractivity contribution < 1.29 is 10.0 Å². The van der Waals surface area contributed by atoms with Crippen molar-refractivity contribution in [2.24, 2.45) is 10.9 Å². The Morgan fingerprint density at radius 2 is 2.19 bits per heavy atom. The number of oxime groups is 1. The molecular formula is C13H10BrClN4O2. The van der Waals surface area contributed by atoms with Crippen molar-refractivity contribution in [1.29, 1.82) is 0 Å². The number of amides is 1. The van der Waals surface area contributed by atoms with E-state index in [-0.39, 0.29) is 16.8 Å². The van der Waals surface area contributed by atoms with E-state index >= 15 is 0 Å². The number of carbonyl (C=O) groups is 1. The summed E-state index contributed by atoms with van der Waals surface area (Å²) in [5.41, 5.74) is 6.86. The lowest BCUT2D eigenvalue weighted by Crippen LogP contribution is -2.15. The van der Waals surface area contributed by atoms with Gasteiger partial charge in [-0.25, -0.2) is 0 Å². The van der Waals surface area contributed by atoms with E-state index in [2.05, 4.69) is 31.4 Å². The van der Waals surface area contributed by atoms with Gasteiger partial charge >= 0.3 is 0 Å². The van der Waals surface area contributed by atoms with Gasteiger partial charge in [-0.2, -0.15) is 0 Å². The van der Waals surface area contributed by atoms with Crippen LogP contribution in [0, 0.1) is 0 Å². The molecule has 0 radical (unpaired) electrons. The molecule has 0 saturated carbocycles. The third-order valence-electron chi connectivity index (χ3n) is 2.64. The van der Waals surface area contributed by atoms with Gasteiger partial charge in [0.25, 0.3) is 5.91 Å². The number of anilines is 1. The van der Waals surface area contributed by atoms with Gasteiger partial charge in [0.05, 0.1) is 16.3 Å². The van der Waals surface area contributed by atoms with Crippen molar-refractivity contribution in [3.05, 3.63) is 57.3 Å². The van der Waals surface area contributed by atoms with E-state index in [4.69, 9.17) is 22.5 Å². The number of nitrogens with two attached hydrogens (primary N) is 1. The van der Waals surface area contributed by atoms with Gasteiger partial charge < -0.3 is 16.3 Å². The van der Waals surface area contributed by atoms with E-state index in [1.165, 1.54) is 18.5 Å². The summed E-state index contributed by atoms with van der Waals surface area (Å²) in [7, 11) is 0. The molecule has 1 heterocycles. The summed E-state index contributed by atoms with van der Waals surface area (Å²) in [6.45, 7) is 0. The highest BCUT2D eigenvalue weighted by Gasteiger charge is 2.12. The fraction of sp³-hybridized carbons (Fsp3) is 0. The molecule has 1 aromatic heterocycles. The van der Waals surface area contributed by atoms with Crippen LogP contribution < -0.4 is 11.1 Å². The van der Waals surface area contributed by atoms with Gasteiger partial charge in [-0.15, -0.1) is 0 Å². The Bertz CT molecular complexity index is 721. The number of nitrogens with one attached hydrogen (secondary N) is 1. The lowest BCUT2D eigenvalue weighted by molar-refractivity contribution is 0.102. The quantitative estimate of drug-likeness (QED) is 0.335. The van der Waals surface area contributed by atoms with Crippen LogP contribution in [-0.2, 0) is 0 Å². The van der Waals surface area contributed by atoms with Crippen LogP contribution in [0.2, 0.25) is 5.02 Å². The second-order valence-corrected chi connectivity index (χ2v) is 5.25. The monoisotopic (exact) mass is 368 g/mol. The van der Waals surface area contributed by atoms with Crippen molar-refractivity contribution >= 4 is 45.0 Å². The Kier molecular flexibility index (Phi) is 4.77. The van der Waals surface area contributed by atoms with Gasteiger partial charge in [0, 0.05) is 22.4 Å². The molecule has 1 aromatic carbocycles. The summed E-state index contributed by atoms with van der Waals surface area (Å²) < 4.78 is 0.588. The number of benzene rings is 1. The van der Waals surface area contributed by atoms with Crippen molar-refractivity contribution in [3.8, 4) is 0 Å². The molecule has 4 N–H and O–H groups in total. The number of aromatic nitrogens is 1. The molecule has 0 unspecified atom stereocenters. The molecule has 1 amide bonds. The maximum Gasteiger partial charge on any atom is 0.257 e. The van der Waals surface area contributed by atoms with E-state index < -0.39 is 0 Å². The second kappa shape index (κ2) is 6.55. The largest absolute Gasteiger partial charge is 0.409 e. The fourth-order valence-corrected chi connectivity index (χ4v) is 2.27. The number of pyridine rings is 1. The first-order chi connectivity index (χ1) is 10.0. The van der Waals surface area contributed by atoms with E-state index in [1.54, 1.807) is 18.2 Å². The number of hydrogen-bond acceptors (Lipinski definition) is 4. The van der Waals surface area contributed by atoms with Gasteiger partial charge in [-0.05, 0) is 40.2 Å². The number of amidine groups is 1. The maximum atomic E-state index is 12.1. The zero-order valence-electron chi connectivity index (χ0n) is 10.5. The molecule has 2 rings (SSSR count). The van der Waals surface area contributed by atoms with Crippen LogP contribution >= 0.6 is 27.5 Å². The third-order valence-corrected chi connectivity index (χ3v) is 3.60. The summed E-state index contributed by atoms with van der Waals surface area (Å²) >= 11 is 9.23. The third kappa shape index (κ3) is 3.50. The molecule has 0 aliphatic carbocycles. The highest BCUT2D eigenvalue weighted by atomic mass is 79.9. The van der Waals surface area contributed by atoms with Crippen LogP contribution in [0.5, 0.6) is 0 Å². The number of hydrogen-bond donors (Lipinski definition) is 3. The lowest BCUT2D eigenvalue weighted by Gasteiger charge is -2.09. The summed E-state index contributed by atoms with van der Waals surface area (Å²) in [5, 5.41) is 14.5. The van der Waals surface area contributed by atoms with Gasteiger partial charge in [0.15, 0.2) is 5.84 Å². The lowest BCUT2D eigenvalue weighted by atomic mass is 10.2. The summed E-state index contributed by atoms with van der Waals surface area (Å²) in [4.78, 5) is 15.9. The first kappa shape index (κ1) is 15.3. The van der Waals surface area contributed by atoms with E-state index in [0.717, 1.165) is 0 Å². The zero-order chi connectivity index (χ0) is 15.4. The summed E-state index contributed by atoms with van der Waals surface area (Å²) in [6, 6.07) is 6.39. The van der Waals surface area contributed by atoms with Crippen LogP contribution in [0.15, 0.2) is 46.3 Å². The predicted molar refractivity (Wildman–Crippen MR) is 83.9 cm³/mol. The SMILES string of the molecule is N/C(=N/O)c1ccc(NC(=O)c2ccncc2Cl)c(Br)c1. The standard InChI is InChI=1S/C13H10BrClN4O2/c14-9-5-7(12(16)19-21)1-2-11(9)18-13(20)8-3-4-17-6-10(8)15/h1-6,21H,(H2,16,19)(H,18,20). The van der Waals surface area contributed by atoms with Crippen LogP contribution in [0.4, 0.5) is 5.69 Å². The zero-order valence-corrected chi connectivity index (χ0v) is 12.9. The molecule has 108 valence electrons. The van der Waals surface area contributed by atoms with Gasteiger partial charge in [-0.3, -0.25) is 9.78 Å². The molecule has 2 aromatic rings. The average Bonchev–Trinajstić information content (AvgIpc) is 2.48. The number of rotatable bonds is 3. The summed E-state index contributed by atoms with van der Waals surface area (Å²) in [6.07, 6.45) is 2.88. The van der Waals surface area contributed by atoms with Crippen LogP contribution in [0.1, 0.15) is 15.9 Å². The average molecular weight is 370 g/mol. The minimum Gasteiger partial charge on any atom is -0.409 e. The maximum absolute atomic E-state index is 12.1. The van der Waals surface area contributed by atoms with Crippen molar-refractivity contribution in [2.45, 2.75) is 0 Å². The van der Waals surface area contributed by atoms with Crippen molar-refractivity contribution in [2.75, 3.05) is 5.32 Å². The van der Waals surface area contributed by atoms with Crippen LogP contribution in [0.25, 0.3) is 0 Å². The van der Waals surface area contributed by atoms with Gasteiger partial charge in [0.1, 0.15) is 0 Å². The Morgan fingerprint density at radius 3 is 2.81 bits per heavy atom. The predicted octanol–water partition coefficient (Wildman–Crippen LogP) is 2.84. The fourth-order valence-electron chi connectivity index (χ4n) is 1.58. The number of carbonyl (C=O) groups excluding carboxylic acids is 1. The summed E-state index contributed by atoms with van der Waals surface area (Å²) in [5.74, 6) is -0.384. The smallest absolute Gasteiger partial charge is 0.257 e. The second-order valence-electron chi connectivity index (χ2n) is 3.99. The Hall–Kier alpha value is -2.12. The Labute approximate surface area is 133 Å². The molecule has 0 atom stereocenters. The molecule has 8 heteroatoms. The molecule has 0 fully saturated rings. The van der Waals surface area contributed by atoms with Gasteiger partial charge in [0.2, 0.25) is 0 Å². The number of halogens is 2. The Morgan fingerprint density at radius 1 is 1.43 bits per heavy atom. The van der Waals surface area contributed by atoms with Crippen LogP contribution in [0.3, 0.4) is 0 Å². The minimum absolute atomic E-state index is 0.0224. The molecule has 0 spiro atoms. The van der Waals surface area contributed by atoms with Crippen LogP contribution in [-0.4, -0.2) is 21.9 Å². The molecule has 0 bridgehead atoms. The molecular weight excluding hydrogens is 360 g/mol. The molecule has 0 aliphatic heterocycles. The molecule has 0 aliphatic rings. The van der Waals surface area contributed by atoms with E-state index in [1.807, 2.05) is 0 Å². The number of nitrogens with zero attached hydrogens (tertiary/aromatic N) is 2. The van der Waals surface area contributed by atoms with E-state index in [0.29, 0.717) is 21.3 Å². The highest BCUT2D eigenvalue weighted by Crippen LogP contribution is 2.25. The Balaban J connectivity index is 2.25. The normalized spacial score (nSPS) is 11.2. The van der Waals surface area contributed by atoms with E-state index in [9.17, 15) is 4.79 Å². The molecule has 21 heavy (non-hydrogen) atoms. The van der Waals surface area contributed by atoms with Crippen molar-refractivity contribution in [1.82, 2.24) is 4.98 Å². The topological polar surface area (TPSA) is 101 Å². The van der Waals surface area contributed by atoms with Crippen molar-refractivity contribution in [3.63, 3.8) is 0 Å². The molecule has 6 nitrogen and oxygen atoms in total. The molecule has 0 saturated heterocycles. The van der Waals surface area contributed by atoms with Gasteiger partial charge in [-0.1, -0.05) is 16.8 Å².